The van der Waals surface area contributed by atoms with Gasteiger partial charge in [-0.15, -0.1) is 17.9 Å². The summed E-state index contributed by atoms with van der Waals surface area (Å²) in [4.78, 5) is 32.8. The minimum atomic E-state index is -0.933. The van der Waals surface area contributed by atoms with Gasteiger partial charge in [0.25, 0.3) is 5.91 Å². The number of anilines is 1. The number of hydrogen-bond acceptors (Lipinski definition) is 5. The van der Waals surface area contributed by atoms with Crippen LogP contribution in [-0.4, -0.2) is 46.5 Å². The molecule has 2 aliphatic rings. The molecule has 9 heteroatoms. The van der Waals surface area contributed by atoms with Crippen molar-refractivity contribution in [2.24, 2.45) is 23.2 Å². The number of carbonyl (C=O) groups is 2. The van der Waals surface area contributed by atoms with Crippen LogP contribution < -0.4 is 5.32 Å². The zero-order chi connectivity index (χ0) is 26.4. The van der Waals surface area contributed by atoms with Crippen LogP contribution in [0.3, 0.4) is 0 Å². The molecule has 0 unspecified atom stereocenters. The zero-order valence-electron chi connectivity index (χ0n) is 21.1. The molecule has 6 nitrogen and oxygen atoms in total. The summed E-state index contributed by atoms with van der Waals surface area (Å²) in [6.07, 6.45) is 3.27. The molecule has 2 aromatic rings. The van der Waals surface area contributed by atoms with Gasteiger partial charge in [-0.1, -0.05) is 32.9 Å². The number of amides is 2. The van der Waals surface area contributed by atoms with E-state index in [-0.39, 0.29) is 40.1 Å². The number of carbonyl (C=O) groups excluding carboxylic acids is 2. The minimum absolute atomic E-state index is 0.00858. The minimum Gasteiger partial charge on any atom is -0.392 e. The van der Waals surface area contributed by atoms with Crippen LogP contribution in [0, 0.1) is 34.8 Å². The number of aliphatic hydroxyl groups excluding tert-OH is 1. The number of nitrogens with one attached hydrogen (secondary N) is 1. The van der Waals surface area contributed by atoms with Gasteiger partial charge in [-0.3, -0.25) is 14.9 Å². The summed E-state index contributed by atoms with van der Waals surface area (Å²) in [6.45, 7) is 10.2. The van der Waals surface area contributed by atoms with Crippen molar-refractivity contribution < 1.29 is 23.5 Å². The summed E-state index contributed by atoms with van der Waals surface area (Å²) in [6, 6.07) is 3.28. The van der Waals surface area contributed by atoms with E-state index < -0.39 is 29.2 Å². The highest BCUT2D eigenvalue weighted by atomic mass is 32.1. The van der Waals surface area contributed by atoms with Crippen LogP contribution in [0.25, 0.3) is 0 Å². The number of likely N-dealkylation sites (N-methyl/N-ethyl adjacent to an activating group) is 1. The Bertz CT molecular complexity index is 1160. The lowest BCUT2D eigenvalue weighted by Gasteiger charge is -2.53. The summed E-state index contributed by atoms with van der Waals surface area (Å²) in [5.41, 5.74) is -0.0456. The van der Waals surface area contributed by atoms with Crippen molar-refractivity contribution in [3.05, 3.63) is 58.6 Å². The van der Waals surface area contributed by atoms with Gasteiger partial charge >= 0.3 is 0 Å². The molecule has 2 N–H and O–H groups in total. The van der Waals surface area contributed by atoms with Crippen molar-refractivity contribution in [3.8, 4) is 0 Å². The van der Waals surface area contributed by atoms with Gasteiger partial charge in [0.2, 0.25) is 5.91 Å². The quantitative estimate of drug-likeness (QED) is 0.528. The van der Waals surface area contributed by atoms with E-state index in [9.17, 15) is 23.5 Å². The Hall–Kier alpha value is -2.65. The van der Waals surface area contributed by atoms with E-state index in [1.54, 1.807) is 18.0 Å². The van der Waals surface area contributed by atoms with Crippen molar-refractivity contribution in [2.75, 3.05) is 18.9 Å². The molecule has 2 amide bonds. The molecule has 4 rings (SSSR count). The van der Waals surface area contributed by atoms with E-state index in [4.69, 9.17) is 0 Å². The number of halogens is 2. The number of aliphatic hydroxyl groups is 1. The lowest BCUT2D eigenvalue weighted by atomic mass is 9.53. The monoisotopic (exact) mass is 517 g/mol. The molecule has 1 aromatic heterocycles. The van der Waals surface area contributed by atoms with Crippen molar-refractivity contribution >= 4 is 28.3 Å². The van der Waals surface area contributed by atoms with Gasteiger partial charge in [0, 0.05) is 30.3 Å². The highest BCUT2D eigenvalue weighted by Gasteiger charge is 2.54. The number of benzene rings is 1. The number of aromatic nitrogens is 1. The van der Waals surface area contributed by atoms with Gasteiger partial charge in [0.1, 0.15) is 17.2 Å². The van der Waals surface area contributed by atoms with Crippen LogP contribution in [0.5, 0.6) is 0 Å². The molecule has 0 aliphatic heterocycles. The fraction of sp³-hybridized carbons (Fsp3) is 0.519. The molecule has 1 heterocycles. The first-order valence-electron chi connectivity index (χ1n) is 12.3. The van der Waals surface area contributed by atoms with Crippen LogP contribution >= 0.6 is 11.3 Å². The summed E-state index contributed by atoms with van der Waals surface area (Å²) in [7, 11) is 1.74. The molecule has 0 radical (unpaired) electrons. The van der Waals surface area contributed by atoms with E-state index in [2.05, 4.69) is 23.8 Å². The molecule has 1 fully saturated rings. The second kappa shape index (κ2) is 10.0. The number of rotatable bonds is 6. The maximum absolute atomic E-state index is 14.1. The second-order valence-electron chi connectivity index (χ2n) is 10.5. The van der Waals surface area contributed by atoms with Crippen LogP contribution in [0.2, 0.25) is 0 Å². The lowest BCUT2D eigenvalue weighted by molar-refractivity contribution is -0.143. The maximum atomic E-state index is 14.1. The molecule has 2 aliphatic carbocycles. The molecule has 0 saturated heterocycles. The second-order valence-corrected chi connectivity index (χ2v) is 11.6. The normalized spacial score (nSPS) is 28.0. The van der Waals surface area contributed by atoms with Gasteiger partial charge in [0.05, 0.1) is 11.8 Å². The number of nitrogens with zero attached hydrogens (tertiary/aromatic N) is 2. The highest BCUT2D eigenvalue weighted by molar-refractivity contribution is 7.15. The fourth-order valence-corrected chi connectivity index (χ4v) is 7.55. The molecule has 1 saturated carbocycles. The first kappa shape index (κ1) is 26.4. The Morgan fingerprint density at radius 1 is 1.39 bits per heavy atom. The lowest BCUT2D eigenvalue weighted by Crippen LogP contribution is -2.53. The van der Waals surface area contributed by atoms with E-state index in [1.165, 1.54) is 17.4 Å². The Balaban J connectivity index is 1.57. The molecule has 194 valence electrons. The van der Waals surface area contributed by atoms with Crippen LogP contribution in [0.4, 0.5) is 13.9 Å². The largest absolute Gasteiger partial charge is 0.392 e. The van der Waals surface area contributed by atoms with Crippen LogP contribution in [0.1, 0.15) is 60.5 Å². The number of thiazole rings is 1. The Labute approximate surface area is 214 Å². The van der Waals surface area contributed by atoms with Gasteiger partial charge in [-0.2, -0.15) is 0 Å². The smallest absolute Gasteiger partial charge is 0.263 e. The Morgan fingerprint density at radius 3 is 2.69 bits per heavy atom. The average Bonchev–Trinajstić information content (AvgIpc) is 3.20. The first-order chi connectivity index (χ1) is 17.0. The fourth-order valence-electron chi connectivity index (χ4n) is 6.29. The Kier molecular flexibility index (Phi) is 7.35. The SMILES string of the molecule is C=CCN(C)C(=O)[C@@H](C)[C@H]1CC[C@@]2(C)Cc3sc(NC(=O)c4c(F)cccc4F)nc3[C@@H](C)[C@@H]2[C@H]1O. The third kappa shape index (κ3) is 4.59. The summed E-state index contributed by atoms with van der Waals surface area (Å²) < 4.78 is 28.1. The summed E-state index contributed by atoms with van der Waals surface area (Å²) in [5.74, 6) is -3.49. The van der Waals surface area contributed by atoms with Crippen molar-refractivity contribution in [1.29, 1.82) is 0 Å². The topological polar surface area (TPSA) is 82.5 Å². The Morgan fingerprint density at radius 2 is 2.06 bits per heavy atom. The molecule has 6 atom stereocenters. The van der Waals surface area contributed by atoms with Crippen molar-refractivity contribution in [3.63, 3.8) is 0 Å². The van der Waals surface area contributed by atoms with E-state index in [0.717, 1.165) is 35.5 Å². The molecule has 0 bridgehead atoms. The van der Waals surface area contributed by atoms with Gasteiger partial charge in [-0.25, -0.2) is 13.8 Å². The van der Waals surface area contributed by atoms with Gasteiger partial charge < -0.3 is 10.0 Å². The van der Waals surface area contributed by atoms with Crippen molar-refractivity contribution in [1.82, 2.24) is 9.88 Å². The zero-order valence-corrected chi connectivity index (χ0v) is 21.9. The molecule has 36 heavy (non-hydrogen) atoms. The first-order valence-corrected chi connectivity index (χ1v) is 13.1. The molecular weight excluding hydrogens is 484 g/mol. The standard InChI is InChI=1S/C27H33F2N3O3S/c1-6-12-32(5)25(35)14(2)16-10-11-27(4)13-19-22(15(3)21(27)23(16)33)30-26(36-19)31-24(34)20-17(28)8-7-9-18(20)29/h6-9,14-16,21,23,33H,1,10-13H2,2-5H3,(H,30,31,34)/t14-,15-,16+,21+,23-,27-/m0/s1. The summed E-state index contributed by atoms with van der Waals surface area (Å²) >= 11 is 1.31. The van der Waals surface area contributed by atoms with E-state index in [0.29, 0.717) is 13.0 Å². The predicted octanol–water partition coefficient (Wildman–Crippen LogP) is 5.01. The predicted molar refractivity (Wildman–Crippen MR) is 136 cm³/mol. The average molecular weight is 518 g/mol. The third-order valence-electron chi connectivity index (χ3n) is 8.14. The maximum Gasteiger partial charge on any atom is 0.263 e. The van der Waals surface area contributed by atoms with Gasteiger partial charge in [0.15, 0.2) is 5.13 Å². The van der Waals surface area contributed by atoms with Crippen LogP contribution in [-0.2, 0) is 11.2 Å². The molecule has 1 aromatic carbocycles. The van der Waals surface area contributed by atoms with Crippen LogP contribution in [0.15, 0.2) is 30.9 Å². The van der Waals surface area contributed by atoms with Gasteiger partial charge in [-0.05, 0) is 48.6 Å². The molecular formula is C27H33F2N3O3S. The third-order valence-corrected chi connectivity index (χ3v) is 9.13. The van der Waals surface area contributed by atoms with E-state index in [1.807, 2.05) is 13.8 Å². The van der Waals surface area contributed by atoms with Crippen molar-refractivity contribution in [2.45, 2.75) is 52.1 Å². The molecule has 0 spiro atoms. The van der Waals surface area contributed by atoms with E-state index >= 15 is 0 Å². The summed E-state index contributed by atoms with van der Waals surface area (Å²) in [5, 5.41) is 14.4. The number of fused-ring (bicyclic) bond motifs is 2. The number of hydrogen-bond donors (Lipinski definition) is 2. The highest BCUT2D eigenvalue weighted by Crippen LogP contribution is 2.57.